The predicted molar refractivity (Wildman–Crippen MR) is 153 cm³/mol. The Labute approximate surface area is 230 Å². The highest BCUT2D eigenvalue weighted by molar-refractivity contribution is 5.85. The Morgan fingerprint density at radius 1 is 1.11 bits per heavy atom. The van der Waals surface area contributed by atoms with Crippen LogP contribution in [0.2, 0.25) is 0 Å². The molecule has 38 heavy (non-hydrogen) atoms. The number of anilines is 1. The van der Waals surface area contributed by atoms with E-state index in [9.17, 15) is 14.7 Å². The van der Waals surface area contributed by atoms with E-state index in [-0.39, 0.29) is 30.7 Å². The van der Waals surface area contributed by atoms with Crippen molar-refractivity contribution < 1.29 is 14.7 Å². The highest BCUT2D eigenvalue weighted by Gasteiger charge is 2.28. The second-order valence-electron chi connectivity index (χ2n) is 10.3. The van der Waals surface area contributed by atoms with Gasteiger partial charge in [-0.2, -0.15) is 0 Å². The van der Waals surface area contributed by atoms with Crippen molar-refractivity contribution in [3.05, 3.63) is 71.4 Å². The molecule has 5 rings (SSSR count). The van der Waals surface area contributed by atoms with E-state index in [1.54, 1.807) is 0 Å². The fraction of sp³-hybridized carbons (Fsp3) is 0.433. The number of aryl methyl sites for hydroxylation is 2. The molecule has 1 aromatic heterocycles. The van der Waals surface area contributed by atoms with E-state index < -0.39 is 12.0 Å². The predicted octanol–water partition coefficient (Wildman–Crippen LogP) is 4.99. The number of carbonyl (C=O) groups excluding carboxylic acids is 1. The third-order valence-corrected chi connectivity index (χ3v) is 7.61. The van der Waals surface area contributed by atoms with Crippen molar-refractivity contribution in [2.45, 2.75) is 51.0 Å². The van der Waals surface area contributed by atoms with Gasteiger partial charge in [0.2, 0.25) is 5.91 Å². The van der Waals surface area contributed by atoms with Crippen molar-refractivity contribution in [3.63, 3.8) is 0 Å². The van der Waals surface area contributed by atoms with Gasteiger partial charge in [-0.3, -0.25) is 9.59 Å². The SMILES string of the molecule is Cl.O=C(O)C[C@@H](NC(=O)[C@@H]1CCCN(CCCc2ccc3c(n2)NCCC3)C1)c1ccc2ccccc2c1. The second-order valence-corrected chi connectivity index (χ2v) is 10.3. The number of aliphatic carboxylic acids is 1. The van der Waals surface area contributed by atoms with Gasteiger partial charge in [-0.25, -0.2) is 4.98 Å². The Balaban J connectivity index is 0.00000336. The number of likely N-dealkylation sites (tertiary alicyclic amines) is 1. The molecule has 3 aromatic rings. The van der Waals surface area contributed by atoms with E-state index in [4.69, 9.17) is 4.98 Å². The molecule has 2 aliphatic heterocycles. The maximum Gasteiger partial charge on any atom is 0.305 e. The first-order valence-electron chi connectivity index (χ1n) is 13.5. The third kappa shape index (κ3) is 7.03. The summed E-state index contributed by atoms with van der Waals surface area (Å²) in [5.74, 6) is -0.0568. The van der Waals surface area contributed by atoms with E-state index in [0.29, 0.717) is 6.54 Å². The normalized spacial score (nSPS) is 18.1. The van der Waals surface area contributed by atoms with Gasteiger partial charge in [0.05, 0.1) is 18.4 Å². The molecular weight excluding hydrogens is 500 g/mol. The van der Waals surface area contributed by atoms with Crippen LogP contribution in [0.3, 0.4) is 0 Å². The van der Waals surface area contributed by atoms with Crippen molar-refractivity contribution in [1.29, 1.82) is 0 Å². The summed E-state index contributed by atoms with van der Waals surface area (Å²) in [4.78, 5) is 32.0. The number of aromatic nitrogens is 1. The monoisotopic (exact) mass is 536 g/mol. The highest BCUT2D eigenvalue weighted by atomic mass is 35.5. The van der Waals surface area contributed by atoms with Gasteiger partial charge >= 0.3 is 5.97 Å². The zero-order valence-electron chi connectivity index (χ0n) is 21.7. The largest absolute Gasteiger partial charge is 0.481 e. The maximum atomic E-state index is 13.3. The van der Waals surface area contributed by atoms with E-state index in [2.05, 4.69) is 27.7 Å². The molecule has 3 heterocycles. The van der Waals surface area contributed by atoms with Gasteiger partial charge in [-0.05, 0) is 85.6 Å². The van der Waals surface area contributed by atoms with Crippen LogP contribution in [0, 0.1) is 5.92 Å². The summed E-state index contributed by atoms with van der Waals surface area (Å²) in [5.41, 5.74) is 3.25. The number of nitrogens with zero attached hydrogens (tertiary/aromatic N) is 2. The molecule has 0 bridgehead atoms. The lowest BCUT2D eigenvalue weighted by atomic mass is 9.94. The number of pyridine rings is 1. The van der Waals surface area contributed by atoms with Gasteiger partial charge in [0.15, 0.2) is 0 Å². The molecule has 0 aliphatic carbocycles. The first-order valence-corrected chi connectivity index (χ1v) is 13.5. The fourth-order valence-electron chi connectivity index (χ4n) is 5.61. The Bertz CT molecular complexity index is 1270. The number of rotatable bonds is 9. The minimum absolute atomic E-state index is 0. The molecule has 3 N–H and O–H groups in total. The molecule has 1 amide bonds. The number of benzene rings is 2. The van der Waals surface area contributed by atoms with Crippen LogP contribution in [-0.2, 0) is 22.4 Å². The molecule has 1 fully saturated rings. The molecule has 1 saturated heterocycles. The van der Waals surface area contributed by atoms with Gasteiger partial charge < -0.3 is 20.6 Å². The number of fused-ring (bicyclic) bond motifs is 2. The maximum absolute atomic E-state index is 13.3. The quantitative estimate of drug-likeness (QED) is 0.356. The number of carboxylic acid groups (broad SMARTS) is 1. The Morgan fingerprint density at radius 2 is 1.95 bits per heavy atom. The van der Waals surface area contributed by atoms with Gasteiger partial charge in [0.25, 0.3) is 0 Å². The Hall–Kier alpha value is -3.16. The summed E-state index contributed by atoms with van der Waals surface area (Å²) in [6.07, 6.45) is 5.85. The standard InChI is InChI=1S/C30H36N4O3.ClH/c35-28(36)19-27(24-12-11-21-6-1-2-7-23(21)18-24)33-30(37)25-9-4-16-34(20-25)17-5-10-26-14-13-22-8-3-15-31-29(22)32-26;/h1-2,6-7,11-14,18,25,27H,3-5,8-10,15-17,19-20H2,(H,31,32)(H,33,37)(H,35,36);1H/t25-,27-;/m1./s1. The lowest BCUT2D eigenvalue weighted by Gasteiger charge is -2.33. The summed E-state index contributed by atoms with van der Waals surface area (Å²) in [5, 5.41) is 18.1. The lowest BCUT2D eigenvalue weighted by molar-refractivity contribution is -0.138. The Morgan fingerprint density at radius 3 is 2.79 bits per heavy atom. The van der Waals surface area contributed by atoms with E-state index in [1.165, 1.54) is 5.56 Å². The number of halogens is 1. The first kappa shape index (κ1) is 27.9. The topological polar surface area (TPSA) is 94.6 Å². The smallest absolute Gasteiger partial charge is 0.305 e. The molecule has 0 radical (unpaired) electrons. The summed E-state index contributed by atoms with van der Waals surface area (Å²) in [6, 6.07) is 17.7. The van der Waals surface area contributed by atoms with Crippen molar-refractivity contribution >= 4 is 40.9 Å². The third-order valence-electron chi connectivity index (χ3n) is 7.61. The number of amides is 1. The number of piperidine rings is 1. The minimum Gasteiger partial charge on any atom is -0.481 e. The molecule has 2 aromatic carbocycles. The number of hydrogen-bond acceptors (Lipinski definition) is 5. The summed E-state index contributed by atoms with van der Waals surface area (Å²) in [6.45, 7) is 3.63. The molecule has 2 atom stereocenters. The number of nitrogens with one attached hydrogen (secondary N) is 2. The number of carboxylic acids is 1. The number of hydrogen-bond donors (Lipinski definition) is 3. The summed E-state index contributed by atoms with van der Waals surface area (Å²) >= 11 is 0. The van der Waals surface area contributed by atoms with Crippen LogP contribution < -0.4 is 10.6 Å². The molecule has 0 unspecified atom stereocenters. The molecule has 8 heteroatoms. The molecule has 0 spiro atoms. The van der Waals surface area contributed by atoms with Crippen molar-refractivity contribution in [1.82, 2.24) is 15.2 Å². The molecular formula is C30H37ClN4O3. The fourth-order valence-corrected chi connectivity index (χ4v) is 5.61. The Kier molecular flexibility index (Phi) is 9.58. The van der Waals surface area contributed by atoms with Gasteiger partial charge in [0, 0.05) is 18.8 Å². The van der Waals surface area contributed by atoms with Crippen LogP contribution in [0.1, 0.15) is 55.0 Å². The van der Waals surface area contributed by atoms with Crippen LogP contribution >= 0.6 is 12.4 Å². The molecule has 7 nitrogen and oxygen atoms in total. The van der Waals surface area contributed by atoms with Gasteiger partial charge in [-0.15, -0.1) is 12.4 Å². The number of carbonyl (C=O) groups is 2. The highest BCUT2D eigenvalue weighted by Crippen LogP contribution is 2.25. The average Bonchev–Trinajstić information content (AvgIpc) is 2.92. The molecule has 202 valence electrons. The van der Waals surface area contributed by atoms with Crippen LogP contribution in [0.4, 0.5) is 5.82 Å². The van der Waals surface area contributed by atoms with Gasteiger partial charge in [0.1, 0.15) is 5.82 Å². The molecule has 0 saturated carbocycles. The lowest BCUT2D eigenvalue weighted by Crippen LogP contribution is -2.44. The zero-order chi connectivity index (χ0) is 25.6. The van der Waals surface area contributed by atoms with Crippen molar-refractivity contribution in [2.75, 3.05) is 31.5 Å². The van der Waals surface area contributed by atoms with Crippen LogP contribution in [0.5, 0.6) is 0 Å². The van der Waals surface area contributed by atoms with E-state index in [0.717, 1.165) is 86.0 Å². The molecule has 2 aliphatic rings. The van der Waals surface area contributed by atoms with E-state index in [1.807, 2.05) is 42.5 Å². The van der Waals surface area contributed by atoms with Crippen LogP contribution in [0.25, 0.3) is 10.8 Å². The van der Waals surface area contributed by atoms with Crippen molar-refractivity contribution in [2.24, 2.45) is 5.92 Å². The van der Waals surface area contributed by atoms with Crippen LogP contribution in [-0.4, -0.2) is 53.0 Å². The van der Waals surface area contributed by atoms with Gasteiger partial charge in [-0.1, -0.05) is 42.5 Å². The summed E-state index contributed by atoms with van der Waals surface area (Å²) in [7, 11) is 0. The second kappa shape index (κ2) is 13.1. The minimum atomic E-state index is -0.922. The zero-order valence-corrected chi connectivity index (χ0v) is 22.5. The first-order chi connectivity index (χ1) is 18.0. The average molecular weight is 537 g/mol. The van der Waals surface area contributed by atoms with Crippen LogP contribution in [0.15, 0.2) is 54.6 Å². The van der Waals surface area contributed by atoms with E-state index >= 15 is 0 Å². The summed E-state index contributed by atoms with van der Waals surface area (Å²) < 4.78 is 0. The van der Waals surface area contributed by atoms with Crippen molar-refractivity contribution in [3.8, 4) is 0 Å².